The number of rotatable bonds is 5. The van der Waals surface area contributed by atoms with Gasteiger partial charge in [-0.1, -0.05) is 12.5 Å². The summed E-state index contributed by atoms with van der Waals surface area (Å²) in [5.74, 6) is 0.610. The van der Waals surface area contributed by atoms with Gasteiger partial charge in [0.2, 0.25) is 0 Å². The van der Waals surface area contributed by atoms with Crippen molar-refractivity contribution in [2.45, 2.75) is 38.5 Å². The first-order valence-electron chi connectivity index (χ1n) is 6.82. The van der Waals surface area contributed by atoms with Crippen LogP contribution < -0.4 is 4.90 Å². The average Bonchev–Trinajstić information content (AvgIpc) is 2.42. The van der Waals surface area contributed by atoms with Crippen LogP contribution in [-0.4, -0.2) is 34.4 Å². The molecule has 0 aliphatic carbocycles. The highest BCUT2D eigenvalue weighted by Crippen LogP contribution is 2.25. The number of nitrogens with zero attached hydrogens (tertiary/aromatic N) is 2. The zero-order chi connectivity index (χ0) is 13.7. The molecule has 5 nitrogen and oxygen atoms in total. The van der Waals surface area contributed by atoms with Gasteiger partial charge in [-0.2, -0.15) is 0 Å². The molecule has 0 bridgehead atoms. The largest absolute Gasteiger partial charge is 0.465 e. The van der Waals surface area contributed by atoms with E-state index in [9.17, 15) is 9.90 Å². The Morgan fingerprint density at radius 3 is 2.89 bits per heavy atom. The van der Waals surface area contributed by atoms with Gasteiger partial charge < -0.3 is 10.2 Å². The number of pyridine rings is 1. The van der Waals surface area contributed by atoms with Gasteiger partial charge >= 0.3 is 6.09 Å². The number of carbonyl (C=O) groups is 1. The van der Waals surface area contributed by atoms with Crippen LogP contribution in [-0.2, 0) is 12.8 Å². The van der Waals surface area contributed by atoms with Crippen LogP contribution in [0, 0.1) is 0 Å². The van der Waals surface area contributed by atoms with Gasteiger partial charge in [-0.15, -0.1) is 0 Å². The molecule has 2 N–H and O–H groups in total. The van der Waals surface area contributed by atoms with Crippen LogP contribution in [0.15, 0.2) is 12.1 Å². The third-order valence-electron chi connectivity index (χ3n) is 3.42. The van der Waals surface area contributed by atoms with E-state index in [4.69, 9.17) is 5.11 Å². The van der Waals surface area contributed by atoms with Gasteiger partial charge in [-0.25, -0.2) is 9.78 Å². The Morgan fingerprint density at radius 1 is 1.32 bits per heavy atom. The zero-order valence-corrected chi connectivity index (χ0v) is 11.0. The predicted molar refractivity (Wildman–Crippen MR) is 72.6 cm³/mol. The Hall–Kier alpha value is -1.62. The van der Waals surface area contributed by atoms with Crippen molar-refractivity contribution in [3.63, 3.8) is 0 Å². The normalized spacial score (nSPS) is 14.3. The minimum absolute atomic E-state index is 0.227. The minimum atomic E-state index is -0.925. The summed E-state index contributed by atoms with van der Waals surface area (Å²) in [5.41, 5.74) is 1.96. The van der Waals surface area contributed by atoms with E-state index in [-0.39, 0.29) is 6.61 Å². The second-order valence-electron chi connectivity index (χ2n) is 4.86. The fourth-order valence-corrected chi connectivity index (χ4v) is 2.40. The maximum Gasteiger partial charge on any atom is 0.413 e. The first-order chi connectivity index (χ1) is 9.22. The molecule has 1 amide bonds. The number of aliphatic hydroxyl groups excluding tert-OH is 1. The fourth-order valence-electron chi connectivity index (χ4n) is 2.40. The van der Waals surface area contributed by atoms with Gasteiger partial charge in [0.1, 0.15) is 5.82 Å². The van der Waals surface area contributed by atoms with Crippen LogP contribution in [0.4, 0.5) is 10.6 Å². The van der Waals surface area contributed by atoms with E-state index in [0.29, 0.717) is 12.4 Å². The molecule has 1 aliphatic rings. The lowest BCUT2D eigenvalue weighted by Crippen LogP contribution is -2.35. The molecular formula is C14H20N2O3. The molecule has 19 heavy (non-hydrogen) atoms. The Morgan fingerprint density at radius 2 is 2.16 bits per heavy atom. The first kappa shape index (κ1) is 13.8. The van der Waals surface area contributed by atoms with E-state index >= 15 is 0 Å². The summed E-state index contributed by atoms with van der Waals surface area (Å²) in [5, 5.41) is 17.9. The van der Waals surface area contributed by atoms with Crippen molar-refractivity contribution in [3.05, 3.63) is 23.4 Å². The highest BCUT2D eigenvalue weighted by atomic mass is 16.4. The Labute approximate surface area is 112 Å². The number of aliphatic hydroxyl groups is 1. The summed E-state index contributed by atoms with van der Waals surface area (Å²) < 4.78 is 0. The maximum atomic E-state index is 11.2. The van der Waals surface area contributed by atoms with Gasteiger partial charge in [0.25, 0.3) is 0 Å². The van der Waals surface area contributed by atoms with Crippen molar-refractivity contribution in [2.24, 2.45) is 0 Å². The van der Waals surface area contributed by atoms with E-state index in [0.717, 1.165) is 49.8 Å². The monoisotopic (exact) mass is 264 g/mol. The van der Waals surface area contributed by atoms with Crippen molar-refractivity contribution < 1.29 is 15.0 Å². The quantitative estimate of drug-likeness (QED) is 0.800. The molecule has 1 aliphatic heterocycles. The topological polar surface area (TPSA) is 73.7 Å². The summed E-state index contributed by atoms with van der Waals surface area (Å²) in [7, 11) is 0. The summed E-state index contributed by atoms with van der Waals surface area (Å²) >= 11 is 0. The van der Waals surface area contributed by atoms with Crippen molar-refractivity contribution in [1.82, 2.24) is 4.98 Å². The molecule has 0 unspecified atom stereocenters. The zero-order valence-electron chi connectivity index (χ0n) is 11.0. The molecule has 0 saturated carbocycles. The van der Waals surface area contributed by atoms with Crippen LogP contribution in [0.3, 0.4) is 0 Å². The molecular weight excluding hydrogens is 244 g/mol. The lowest BCUT2D eigenvalue weighted by molar-refractivity contribution is 0.201. The highest BCUT2D eigenvalue weighted by Gasteiger charge is 2.23. The molecule has 1 aromatic rings. The molecule has 0 spiro atoms. The third-order valence-corrected chi connectivity index (χ3v) is 3.42. The number of aryl methyl sites for hydroxylation is 2. The number of carboxylic acid groups (broad SMARTS) is 1. The molecule has 2 heterocycles. The minimum Gasteiger partial charge on any atom is -0.465 e. The highest BCUT2D eigenvalue weighted by molar-refractivity contribution is 5.86. The van der Waals surface area contributed by atoms with Crippen molar-refractivity contribution in [3.8, 4) is 0 Å². The van der Waals surface area contributed by atoms with Crippen molar-refractivity contribution >= 4 is 11.9 Å². The van der Waals surface area contributed by atoms with E-state index in [1.807, 2.05) is 12.1 Å². The predicted octanol–water partition coefficient (Wildman–Crippen LogP) is 2.22. The van der Waals surface area contributed by atoms with Crippen molar-refractivity contribution in [2.75, 3.05) is 18.1 Å². The fraction of sp³-hybridized carbons (Fsp3) is 0.571. The van der Waals surface area contributed by atoms with E-state index in [1.54, 1.807) is 0 Å². The molecule has 0 fully saturated rings. The van der Waals surface area contributed by atoms with Gasteiger partial charge in [-0.05, 0) is 43.7 Å². The molecule has 1 aromatic heterocycles. The number of aromatic nitrogens is 1. The molecule has 0 aromatic carbocycles. The number of fused-ring (bicyclic) bond motifs is 1. The SMILES string of the molecule is O=C(O)N1CCCc2ccc(CCCCCO)nc21. The summed E-state index contributed by atoms with van der Waals surface area (Å²) in [6, 6.07) is 3.99. The average molecular weight is 264 g/mol. The maximum absolute atomic E-state index is 11.2. The van der Waals surface area contributed by atoms with Crippen LogP contribution >= 0.6 is 0 Å². The van der Waals surface area contributed by atoms with Crippen LogP contribution in [0.2, 0.25) is 0 Å². The summed E-state index contributed by atoms with van der Waals surface area (Å²) in [6.45, 7) is 0.758. The van der Waals surface area contributed by atoms with E-state index < -0.39 is 6.09 Å². The van der Waals surface area contributed by atoms with E-state index in [2.05, 4.69) is 4.98 Å². The lowest BCUT2D eigenvalue weighted by atomic mass is 10.0. The lowest BCUT2D eigenvalue weighted by Gasteiger charge is -2.26. The van der Waals surface area contributed by atoms with E-state index in [1.165, 1.54) is 4.90 Å². The van der Waals surface area contributed by atoms with Gasteiger partial charge in [0, 0.05) is 18.8 Å². The second-order valence-corrected chi connectivity index (χ2v) is 4.86. The number of unbranched alkanes of at least 4 members (excludes halogenated alkanes) is 2. The number of anilines is 1. The number of amides is 1. The summed E-state index contributed by atoms with van der Waals surface area (Å²) in [6.07, 6.45) is 4.42. The standard InChI is InChI=1S/C14H20N2O3/c17-10-3-1-2-6-12-8-7-11-5-4-9-16(14(18)19)13(11)15-12/h7-8,17H,1-6,9-10H2,(H,18,19). The first-order valence-corrected chi connectivity index (χ1v) is 6.82. The summed E-state index contributed by atoms with van der Waals surface area (Å²) in [4.78, 5) is 17.0. The number of hydrogen-bond donors (Lipinski definition) is 2. The van der Waals surface area contributed by atoms with Crippen LogP contribution in [0.5, 0.6) is 0 Å². The van der Waals surface area contributed by atoms with Gasteiger partial charge in [0.15, 0.2) is 0 Å². The molecule has 0 radical (unpaired) electrons. The van der Waals surface area contributed by atoms with Crippen LogP contribution in [0.25, 0.3) is 0 Å². The molecule has 104 valence electrons. The molecule has 2 rings (SSSR count). The Balaban J connectivity index is 2.07. The molecule has 0 atom stereocenters. The van der Waals surface area contributed by atoms with Gasteiger partial charge in [0.05, 0.1) is 0 Å². The van der Waals surface area contributed by atoms with Crippen LogP contribution in [0.1, 0.15) is 36.9 Å². The van der Waals surface area contributed by atoms with Crippen molar-refractivity contribution in [1.29, 1.82) is 0 Å². The smallest absolute Gasteiger partial charge is 0.413 e. The molecule has 5 heteroatoms. The number of hydrogen-bond acceptors (Lipinski definition) is 3. The molecule has 0 saturated heterocycles. The Kier molecular flexibility index (Phi) is 4.74. The van der Waals surface area contributed by atoms with Gasteiger partial charge in [-0.3, -0.25) is 4.90 Å². The second kappa shape index (κ2) is 6.52. The third kappa shape index (κ3) is 3.44. The Bertz CT molecular complexity index is 448.